The predicted octanol–water partition coefficient (Wildman–Crippen LogP) is -0.454. The molecule has 3 N–H and O–H groups in total. The molecule has 114 valence electrons. The molecular weight excluding hydrogens is 284 g/mol. The van der Waals surface area contributed by atoms with Gasteiger partial charge >= 0.3 is 6.03 Å². The summed E-state index contributed by atoms with van der Waals surface area (Å²) in [4.78, 5) is 37.5. The topological polar surface area (TPSA) is 95.7 Å². The van der Waals surface area contributed by atoms with Gasteiger partial charge in [0, 0.05) is 13.6 Å². The Kier molecular flexibility index (Phi) is 4.99. The molecule has 7 nitrogen and oxygen atoms in total. The average Bonchev–Trinajstić information content (AvgIpc) is 3.15. The van der Waals surface area contributed by atoms with Crippen LogP contribution in [0.4, 0.5) is 4.79 Å². The molecule has 1 atom stereocenters. The van der Waals surface area contributed by atoms with E-state index < -0.39 is 11.6 Å². The molecule has 2 fully saturated rings. The van der Waals surface area contributed by atoms with Gasteiger partial charge in [0.25, 0.3) is 5.91 Å². The number of nitrogens with two attached hydrogens (primary N) is 1. The summed E-state index contributed by atoms with van der Waals surface area (Å²) in [5, 5.41) is 2.86. The fourth-order valence-electron chi connectivity index (χ4n) is 2.37. The lowest BCUT2D eigenvalue weighted by Gasteiger charge is -2.30. The summed E-state index contributed by atoms with van der Waals surface area (Å²) in [5.74, 6) is -0.283. The Morgan fingerprint density at radius 1 is 1.45 bits per heavy atom. The third kappa shape index (κ3) is 3.21. The molecule has 1 saturated heterocycles. The van der Waals surface area contributed by atoms with Gasteiger partial charge in [0.1, 0.15) is 13.1 Å². The quantitative estimate of drug-likeness (QED) is 0.672. The number of nitrogens with one attached hydrogen (secondary N) is 1. The average molecular weight is 305 g/mol. The molecule has 0 spiro atoms. The minimum atomic E-state index is -0.436. The van der Waals surface area contributed by atoms with Crippen LogP contribution < -0.4 is 11.1 Å². The van der Waals surface area contributed by atoms with E-state index in [0.717, 1.165) is 17.7 Å². The molecule has 0 aromatic carbocycles. The zero-order chi connectivity index (χ0) is 14.2. The van der Waals surface area contributed by atoms with Crippen molar-refractivity contribution in [3.8, 4) is 0 Å². The first kappa shape index (κ1) is 16.7. The van der Waals surface area contributed by atoms with Crippen LogP contribution in [0.2, 0.25) is 0 Å². The number of urea groups is 1. The highest BCUT2D eigenvalue weighted by Crippen LogP contribution is 2.38. The van der Waals surface area contributed by atoms with Crippen LogP contribution in [0.25, 0.3) is 0 Å². The largest absolute Gasteiger partial charge is 0.348 e. The molecule has 2 aliphatic rings. The number of amides is 4. The van der Waals surface area contributed by atoms with Gasteiger partial charge in [-0.1, -0.05) is 0 Å². The molecule has 0 bridgehead atoms. The fourth-order valence-corrected chi connectivity index (χ4v) is 2.37. The Morgan fingerprint density at radius 2 is 2.05 bits per heavy atom. The Hall–Kier alpha value is -1.34. The smallest absolute Gasteiger partial charge is 0.327 e. The maximum absolute atomic E-state index is 12.0. The zero-order valence-corrected chi connectivity index (χ0v) is 12.5. The van der Waals surface area contributed by atoms with Gasteiger partial charge in [0.2, 0.25) is 5.91 Å². The maximum atomic E-state index is 12.0. The van der Waals surface area contributed by atoms with Crippen molar-refractivity contribution in [1.29, 1.82) is 0 Å². The number of nitrogens with zero attached hydrogens (tertiary/aromatic N) is 2. The van der Waals surface area contributed by atoms with Crippen LogP contribution in [-0.4, -0.2) is 59.9 Å². The molecule has 0 radical (unpaired) electrons. The van der Waals surface area contributed by atoms with E-state index in [1.807, 2.05) is 6.92 Å². The van der Waals surface area contributed by atoms with Crippen molar-refractivity contribution < 1.29 is 14.4 Å². The molecule has 20 heavy (non-hydrogen) atoms. The van der Waals surface area contributed by atoms with Crippen LogP contribution in [-0.2, 0) is 9.59 Å². The third-order valence-electron chi connectivity index (χ3n) is 3.86. The van der Waals surface area contributed by atoms with Gasteiger partial charge in [0.05, 0.1) is 5.54 Å². The number of carbonyl (C=O) groups excluding carboxylic acids is 3. The summed E-state index contributed by atoms with van der Waals surface area (Å²) >= 11 is 0. The fraction of sp³-hybridized carbons (Fsp3) is 0.750. The van der Waals surface area contributed by atoms with Gasteiger partial charge in [-0.3, -0.25) is 14.5 Å². The molecule has 1 heterocycles. The summed E-state index contributed by atoms with van der Waals surface area (Å²) in [6.45, 7) is 2.06. The van der Waals surface area contributed by atoms with E-state index in [1.54, 1.807) is 0 Å². The van der Waals surface area contributed by atoms with Gasteiger partial charge in [0.15, 0.2) is 0 Å². The summed E-state index contributed by atoms with van der Waals surface area (Å²) in [6.07, 6.45) is 2.11. The van der Waals surface area contributed by atoms with Crippen LogP contribution >= 0.6 is 12.4 Å². The molecular formula is C12H21ClN4O3. The predicted molar refractivity (Wildman–Crippen MR) is 75.3 cm³/mol. The Morgan fingerprint density at radius 3 is 2.45 bits per heavy atom. The van der Waals surface area contributed by atoms with Gasteiger partial charge < -0.3 is 16.0 Å². The van der Waals surface area contributed by atoms with E-state index in [4.69, 9.17) is 5.73 Å². The van der Waals surface area contributed by atoms with Crippen LogP contribution in [0, 0.1) is 5.92 Å². The van der Waals surface area contributed by atoms with Crippen LogP contribution in [0.5, 0.6) is 0 Å². The van der Waals surface area contributed by atoms with Crippen molar-refractivity contribution in [2.45, 2.75) is 25.3 Å². The number of rotatable bonds is 5. The van der Waals surface area contributed by atoms with Crippen LogP contribution in [0.3, 0.4) is 0 Å². The number of imide groups is 1. The first-order valence-electron chi connectivity index (χ1n) is 6.44. The van der Waals surface area contributed by atoms with Crippen molar-refractivity contribution in [2.24, 2.45) is 11.7 Å². The Labute approximate surface area is 124 Å². The lowest BCUT2D eigenvalue weighted by Crippen LogP contribution is -2.55. The summed E-state index contributed by atoms with van der Waals surface area (Å²) in [6, 6.07) is -0.430. The lowest BCUT2D eigenvalue weighted by molar-refractivity contribution is -0.131. The molecule has 1 aliphatic heterocycles. The molecule has 2 rings (SSSR count). The minimum absolute atomic E-state index is 0. The highest BCUT2D eigenvalue weighted by molar-refractivity contribution is 6.04. The maximum Gasteiger partial charge on any atom is 0.327 e. The van der Waals surface area contributed by atoms with Crippen molar-refractivity contribution in [1.82, 2.24) is 15.1 Å². The first-order chi connectivity index (χ1) is 8.87. The molecule has 1 aliphatic carbocycles. The lowest BCUT2D eigenvalue weighted by atomic mass is 9.96. The van der Waals surface area contributed by atoms with Crippen LogP contribution in [0.15, 0.2) is 0 Å². The molecule has 1 unspecified atom stereocenters. The summed E-state index contributed by atoms with van der Waals surface area (Å²) in [5.41, 5.74) is 5.27. The Balaban J connectivity index is 0.00000200. The number of likely N-dealkylation sites (N-methyl/N-ethyl adjacent to an activating group) is 1. The Bertz CT molecular complexity index is 427. The molecule has 0 aromatic heterocycles. The molecule has 8 heteroatoms. The third-order valence-corrected chi connectivity index (χ3v) is 3.86. The summed E-state index contributed by atoms with van der Waals surface area (Å²) < 4.78 is 0. The van der Waals surface area contributed by atoms with Crippen molar-refractivity contribution in [3.63, 3.8) is 0 Å². The van der Waals surface area contributed by atoms with Crippen molar-refractivity contribution >= 4 is 30.3 Å². The standard InChI is InChI=1S/C12H20N4O3.ClH/c1-12(7-13,8-3-4-8)14-9(17)5-16-10(18)6-15(2)11(16)19;/h8H,3-7,13H2,1-2H3,(H,14,17);1H. The van der Waals surface area contributed by atoms with E-state index in [1.165, 1.54) is 11.9 Å². The normalized spacial score (nSPS) is 21.6. The van der Waals surface area contributed by atoms with E-state index in [9.17, 15) is 14.4 Å². The second-order valence-electron chi connectivity index (χ2n) is 5.56. The number of hydrogen-bond donors (Lipinski definition) is 2. The highest BCUT2D eigenvalue weighted by atomic mass is 35.5. The van der Waals surface area contributed by atoms with Gasteiger partial charge in [-0.2, -0.15) is 0 Å². The second-order valence-corrected chi connectivity index (χ2v) is 5.56. The number of hydrogen-bond acceptors (Lipinski definition) is 4. The van der Waals surface area contributed by atoms with Crippen LogP contribution in [0.1, 0.15) is 19.8 Å². The number of carbonyl (C=O) groups is 3. The monoisotopic (exact) mass is 304 g/mol. The number of halogens is 1. The molecule has 4 amide bonds. The van der Waals surface area contributed by atoms with Crippen molar-refractivity contribution in [3.05, 3.63) is 0 Å². The van der Waals surface area contributed by atoms with Gasteiger partial charge in [-0.05, 0) is 25.7 Å². The van der Waals surface area contributed by atoms with Gasteiger partial charge in [-0.15, -0.1) is 12.4 Å². The molecule has 0 aromatic rings. The van der Waals surface area contributed by atoms with E-state index >= 15 is 0 Å². The second kappa shape index (κ2) is 5.97. The molecule has 1 saturated carbocycles. The van der Waals surface area contributed by atoms with Gasteiger partial charge in [-0.25, -0.2) is 4.79 Å². The van der Waals surface area contributed by atoms with E-state index in [2.05, 4.69) is 5.32 Å². The van der Waals surface area contributed by atoms with E-state index in [-0.39, 0.29) is 37.3 Å². The van der Waals surface area contributed by atoms with Crippen molar-refractivity contribution in [2.75, 3.05) is 26.7 Å². The zero-order valence-electron chi connectivity index (χ0n) is 11.7. The summed E-state index contributed by atoms with van der Waals surface area (Å²) in [7, 11) is 1.53. The highest BCUT2D eigenvalue weighted by Gasteiger charge is 2.42. The first-order valence-corrected chi connectivity index (χ1v) is 6.44. The SMILES string of the molecule is CN1CC(=O)N(CC(=O)NC(C)(CN)C2CC2)C1=O.Cl. The van der Waals surface area contributed by atoms with E-state index in [0.29, 0.717) is 12.5 Å². The minimum Gasteiger partial charge on any atom is -0.348 e.